The molecule has 4 aromatic rings. The Morgan fingerprint density at radius 2 is 1.86 bits per heavy atom. The Hall–Kier alpha value is -3.59. The van der Waals surface area contributed by atoms with Crippen LogP contribution in [0.2, 0.25) is 0 Å². The summed E-state index contributed by atoms with van der Waals surface area (Å²) in [5, 5.41) is 10.2. The zero-order valence-corrected chi connectivity index (χ0v) is 22.1. The van der Waals surface area contributed by atoms with E-state index in [1.807, 2.05) is 30.9 Å². The van der Waals surface area contributed by atoms with Gasteiger partial charge in [0.25, 0.3) is 0 Å². The van der Waals surface area contributed by atoms with Crippen molar-refractivity contribution in [1.82, 2.24) is 34.6 Å². The monoisotopic (exact) mass is 497 g/mol. The predicted octanol–water partition coefficient (Wildman–Crippen LogP) is 4.87. The first-order valence-electron chi connectivity index (χ1n) is 13.3. The second kappa shape index (κ2) is 9.70. The number of likely N-dealkylation sites (tertiary alicyclic amines) is 1. The van der Waals surface area contributed by atoms with Crippen LogP contribution in [-0.2, 0) is 0 Å². The molecule has 0 radical (unpaired) electrons. The van der Waals surface area contributed by atoms with Gasteiger partial charge in [-0.3, -0.25) is 9.67 Å². The molecule has 0 aliphatic carbocycles. The molecule has 37 heavy (non-hydrogen) atoms. The number of nitrogens with one attached hydrogen (secondary N) is 1. The van der Waals surface area contributed by atoms with Crippen molar-refractivity contribution in [3.05, 3.63) is 48.7 Å². The highest BCUT2D eigenvalue weighted by Crippen LogP contribution is 2.34. The molecule has 1 unspecified atom stereocenters. The van der Waals surface area contributed by atoms with Crippen molar-refractivity contribution in [3.63, 3.8) is 0 Å². The lowest BCUT2D eigenvalue weighted by Gasteiger charge is -2.36. The molecule has 6 rings (SSSR count). The first-order valence-corrected chi connectivity index (χ1v) is 13.3. The molecular weight excluding hydrogens is 462 g/mol. The van der Waals surface area contributed by atoms with Crippen molar-refractivity contribution >= 4 is 28.4 Å². The molecular formula is C28H35N9. The fourth-order valence-electron chi connectivity index (χ4n) is 5.48. The van der Waals surface area contributed by atoms with E-state index in [4.69, 9.17) is 15.0 Å². The Bertz CT molecular complexity index is 1410. The fraction of sp³-hybridized carbons (Fsp3) is 0.464. The molecule has 2 fully saturated rings. The Morgan fingerprint density at radius 3 is 2.65 bits per heavy atom. The van der Waals surface area contributed by atoms with Crippen LogP contribution in [0.1, 0.15) is 51.1 Å². The summed E-state index contributed by atoms with van der Waals surface area (Å²) in [5.74, 6) is 3.29. The van der Waals surface area contributed by atoms with E-state index in [0.29, 0.717) is 17.9 Å². The number of piperidine rings is 1. The van der Waals surface area contributed by atoms with Crippen molar-refractivity contribution in [2.75, 3.05) is 43.4 Å². The summed E-state index contributed by atoms with van der Waals surface area (Å²) in [5.41, 5.74) is 3.14. The molecule has 1 N–H and O–H groups in total. The summed E-state index contributed by atoms with van der Waals surface area (Å²) in [6.45, 7) is 10.7. The van der Waals surface area contributed by atoms with Gasteiger partial charge in [-0.05, 0) is 54.8 Å². The van der Waals surface area contributed by atoms with Gasteiger partial charge in [0, 0.05) is 61.9 Å². The maximum Gasteiger partial charge on any atom is 0.227 e. The van der Waals surface area contributed by atoms with Gasteiger partial charge >= 0.3 is 0 Å². The first-order chi connectivity index (χ1) is 17.9. The average molecular weight is 498 g/mol. The van der Waals surface area contributed by atoms with Crippen molar-refractivity contribution < 1.29 is 0 Å². The molecule has 1 atom stereocenters. The SMILES string of the molecule is CC1CCCN(c2nccc(Nc3cc4c(C(C)C)cnc(-c5cnn(C6CN(C)C6)c5)c4cn3)n2)C1. The lowest BCUT2D eigenvalue weighted by molar-refractivity contribution is 0.130. The largest absolute Gasteiger partial charge is 0.341 e. The van der Waals surface area contributed by atoms with E-state index in [2.05, 4.69) is 70.0 Å². The van der Waals surface area contributed by atoms with Gasteiger partial charge in [0.05, 0.1) is 17.9 Å². The summed E-state index contributed by atoms with van der Waals surface area (Å²) in [6.07, 6.45) is 12.2. The van der Waals surface area contributed by atoms with E-state index in [1.54, 1.807) is 0 Å². The number of pyridine rings is 2. The van der Waals surface area contributed by atoms with E-state index in [0.717, 1.165) is 65.8 Å². The van der Waals surface area contributed by atoms with Crippen LogP contribution in [0.25, 0.3) is 22.0 Å². The third-order valence-electron chi connectivity index (χ3n) is 7.56. The molecule has 6 heterocycles. The van der Waals surface area contributed by atoms with Crippen molar-refractivity contribution in [2.24, 2.45) is 5.92 Å². The van der Waals surface area contributed by atoms with Crippen LogP contribution < -0.4 is 10.2 Å². The molecule has 0 spiro atoms. The molecule has 4 aromatic heterocycles. The average Bonchev–Trinajstić information content (AvgIpc) is 3.35. The number of rotatable bonds is 6. The zero-order valence-electron chi connectivity index (χ0n) is 22.1. The van der Waals surface area contributed by atoms with Crippen LogP contribution >= 0.6 is 0 Å². The van der Waals surface area contributed by atoms with E-state index in [1.165, 1.54) is 18.4 Å². The van der Waals surface area contributed by atoms with Gasteiger partial charge < -0.3 is 15.1 Å². The summed E-state index contributed by atoms with van der Waals surface area (Å²) in [7, 11) is 2.13. The Balaban J connectivity index is 1.31. The highest BCUT2D eigenvalue weighted by molar-refractivity contribution is 5.97. The smallest absolute Gasteiger partial charge is 0.227 e. The van der Waals surface area contributed by atoms with Crippen LogP contribution in [0.5, 0.6) is 0 Å². The standard InChI is InChI=1S/C28H35N9/c1-18(2)23-12-31-27(20-11-32-37(15-20)21-16-35(4)17-21)24-13-30-26(10-22(23)24)33-25-7-8-29-28(34-25)36-9-5-6-19(3)14-36/h7-8,10-13,15,18-19,21H,5-6,9,14,16-17H2,1-4H3,(H,29,30,33,34). The highest BCUT2D eigenvalue weighted by Gasteiger charge is 2.26. The Morgan fingerprint density at radius 1 is 1.00 bits per heavy atom. The number of hydrogen-bond acceptors (Lipinski definition) is 8. The number of fused-ring (bicyclic) bond motifs is 1. The van der Waals surface area contributed by atoms with Gasteiger partial charge in [0.2, 0.25) is 5.95 Å². The minimum atomic E-state index is 0.333. The third kappa shape index (κ3) is 4.75. The van der Waals surface area contributed by atoms with Gasteiger partial charge in [-0.25, -0.2) is 9.97 Å². The Labute approximate surface area is 218 Å². The summed E-state index contributed by atoms with van der Waals surface area (Å²) in [6, 6.07) is 4.45. The number of aromatic nitrogens is 6. The van der Waals surface area contributed by atoms with Crippen molar-refractivity contribution in [2.45, 2.75) is 45.6 Å². The lowest BCUT2D eigenvalue weighted by Crippen LogP contribution is -2.45. The van der Waals surface area contributed by atoms with Crippen LogP contribution in [0.15, 0.2) is 43.1 Å². The third-order valence-corrected chi connectivity index (χ3v) is 7.56. The van der Waals surface area contributed by atoms with Crippen molar-refractivity contribution in [1.29, 1.82) is 0 Å². The second-order valence-corrected chi connectivity index (χ2v) is 11.0. The first kappa shape index (κ1) is 23.8. The second-order valence-electron chi connectivity index (χ2n) is 11.0. The van der Waals surface area contributed by atoms with Crippen molar-refractivity contribution in [3.8, 4) is 11.3 Å². The van der Waals surface area contributed by atoms with Crippen LogP contribution in [0.3, 0.4) is 0 Å². The quantitative estimate of drug-likeness (QED) is 0.404. The minimum absolute atomic E-state index is 0.333. The number of anilines is 3. The number of likely N-dealkylation sites (N-methyl/N-ethyl adjacent to an activating group) is 1. The van der Waals surface area contributed by atoms with Crippen LogP contribution in [-0.4, -0.2) is 67.8 Å². The van der Waals surface area contributed by atoms with Crippen LogP contribution in [0.4, 0.5) is 17.6 Å². The molecule has 0 amide bonds. The molecule has 2 aliphatic heterocycles. The van der Waals surface area contributed by atoms with Gasteiger partial charge in [0.1, 0.15) is 11.6 Å². The molecule has 9 nitrogen and oxygen atoms in total. The highest BCUT2D eigenvalue weighted by atomic mass is 15.4. The van der Waals surface area contributed by atoms with Gasteiger partial charge in [0.15, 0.2) is 0 Å². The fourth-order valence-corrected chi connectivity index (χ4v) is 5.48. The molecule has 2 aliphatic rings. The molecule has 0 saturated carbocycles. The number of nitrogens with zero attached hydrogens (tertiary/aromatic N) is 8. The van der Waals surface area contributed by atoms with E-state index in [9.17, 15) is 0 Å². The Kier molecular flexibility index (Phi) is 6.24. The summed E-state index contributed by atoms with van der Waals surface area (Å²) >= 11 is 0. The molecule has 9 heteroatoms. The van der Waals surface area contributed by atoms with E-state index >= 15 is 0 Å². The van der Waals surface area contributed by atoms with E-state index < -0.39 is 0 Å². The molecule has 2 saturated heterocycles. The maximum atomic E-state index is 4.86. The molecule has 0 bridgehead atoms. The van der Waals surface area contributed by atoms with Gasteiger partial charge in [-0.15, -0.1) is 0 Å². The molecule has 192 valence electrons. The normalized spacial score (nSPS) is 18.9. The van der Waals surface area contributed by atoms with Crippen LogP contribution in [0, 0.1) is 5.92 Å². The predicted molar refractivity (Wildman–Crippen MR) is 147 cm³/mol. The zero-order chi connectivity index (χ0) is 25.5. The molecule has 0 aromatic carbocycles. The maximum absolute atomic E-state index is 4.86. The summed E-state index contributed by atoms with van der Waals surface area (Å²) in [4.78, 5) is 23.5. The van der Waals surface area contributed by atoms with Gasteiger partial charge in [-0.2, -0.15) is 10.1 Å². The minimum Gasteiger partial charge on any atom is -0.341 e. The topological polar surface area (TPSA) is 87.9 Å². The van der Waals surface area contributed by atoms with E-state index in [-0.39, 0.29) is 0 Å². The number of hydrogen-bond donors (Lipinski definition) is 1. The summed E-state index contributed by atoms with van der Waals surface area (Å²) < 4.78 is 2.07. The van der Waals surface area contributed by atoms with Gasteiger partial charge in [-0.1, -0.05) is 20.8 Å². The lowest BCUT2D eigenvalue weighted by atomic mass is 9.97.